The van der Waals surface area contributed by atoms with E-state index < -0.39 is 5.91 Å². The van der Waals surface area contributed by atoms with Crippen LogP contribution in [0.25, 0.3) is 11.1 Å². The zero-order chi connectivity index (χ0) is 16.6. The van der Waals surface area contributed by atoms with Crippen molar-refractivity contribution in [3.8, 4) is 0 Å². The van der Waals surface area contributed by atoms with Gasteiger partial charge in [0, 0.05) is 16.9 Å². The summed E-state index contributed by atoms with van der Waals surface area (Å²) in [7, 11) is 0. The van der Waals surface area contributed by atoms with Gasteiger partial charge in [-0.1, -0.05) is 5.16 Å². The van der Waals surface area contributed by atoms with Crippen molar-refractivity contribution in [1.29, 1.82) is 0 Å². The van der Waals surface area contributed by atoms with Crippen molar-refractivity contribution in [2.45, 2.75) is 13.8 Å². The van der Waals surface area contributed by atoms with Crippen molar-refractivity contribution >= 4 is 28.6 Å². The van der Waals surface area contributed by atoms with E-state index in [4.69, 9.17) is 10.3 Å². The minimum absolute atomic E-state index is 0.307. The second kappa shape index (κ2) is 5.53. The van der Waals surface area contributed by atoms with Crippen LogP contribution in [-0.2, 0) is 0 Å². The number of aromatic nitrogens is 2. The van der Waals surface area contributed by atoms with Gasteiger partial charge in [0.15, 0.2) is 0 Å². The smallest absolute Gasteiger partial charge is 0.258 e. The quantitative estimate of drug-likeness (QED) is 0.770. The maximum absolute atomic E-state index is 12.5. The number of carbonyl (C=O) groups is 2. The maximum Gasteiger partial charge on any atom is 0.258 e. The first-order valence-corrected chi connectivity index (χ1v) is 6.90. The molecular weight excluding hydrogens is 296 g/mol. The van der Waals surface area contributed by atoms with Gasteiger partial charge >= 0.3 is 0 Å². The second-order valence-corrected chi connectivity index (χ2v) is 5.16. The second-order valence-electron chi connectivity index (χ2n) is 5.16. The summed E-state index contributed by atoms with van der Waals surface area (Å²) < 4.78 is 5.12. The Balaban J connectivity index is 1.94. The van der Waals surface area contributed by atoms with Crippen LogP contribution in [0, 0.1) is 13.8 Å². The van der Waals surface area contributed by atoms with Gasteiger partial charge in [0.25, 0.3) is 11.6 Å². The van der Waals surface area contributed by atoms with Crippen LogP contribution in [0.2, 0.25) is 0 Å². The topological polar surface area (TPSA) is 111 Å². The normalized spacial score (nSPS) is 10.7. The molecule has 0 saturated heterocycles. The highest BCUT2D eigenvalue weighted by molar-refractivity contribution is 6.12. The van der Waals surface area contributed by atoms with Gasteiger partial charge in [-0.05, 0) is 44.2 Å². The van der Waals surface area contributed by atoms with Gasteiger partial charge in [-0.2, -0.15) is 0 Å². The molecule has 0 bridgehead atoms. The van der Waals surface area contributed by atoms with Gasteiger partial charge < -0.3 is 15.6 Å². The van der Waals surface area contributed by atoms with Crippen LogP contribution in [0.3, 0.4) is 0 Å². The molecule has 23 heavy (non-hydrogen) atoms. The minimum atomic E-state index is -0.519. The number of benzene rings is 1. The summed E-state index contributed by atoms with van der Waals surface area (Å²) in [5.74, 6) is -0.826. The van der Waals surface area contributed by atoms with Crippen molar-refractivity contribution in [2.24, 2.45) is 5.73 Å². The highest BCUT2D eigenvalue weighted by Crippen LogP contribution is 2.23. The molecule has 3 N–H and O–H groups in total. The first kappa shape index (κ1) is 14.7. The summed E-state index contributed by atoms with van der Waals surface area (Å²) >= 11 is 0. The number of hydrogen-bond acceptors (Lipinski definition) is 5. The Hall–Kier alpha value is -3.22. The molecule has 7 nitrogen and oxygen atoms in total. The predicted molar refractivity (Wildman–Crippen MR) is 84.2 cm³/mol. The average Bonchev–Trinajstić information content (AvgIpc) is 2.88. The maximum atomic E-state index is 12.5. The summed E-state index contributed by atoms with van der Waals surface area (Å²) in [6, 6.07) is 8.01. The van der Waals surface area contributed by atoms with Gasteiger partial charge in [0.1, 0.15) is 0 Å². The van der Waals surface area contributed by atoms with E-state index in [0.29, 0.717) is 39.3 Å². The molecule has 0 aliphatic rings. The van der Waals surface area contributed by atoms with E-state index in [1.54, 1.807) is 44.2 Å². The zero-order valence-corrected chi connectivity index (χ0v) is 12.6. The van der Waals surface area contributed by atoms with Gasteiger partial charge in [0.05, 0.1) is 16.6 Å². The number of carbonyl (C=O) groups excluding carboxylic acids is 2. The first-order chi connectivity index (χ1) is 11.0. The predicted octanol–water partition coefficient (Wildman–Crippen LogP) is 2.19. The lowest BCUT2D eigenvalue weighted by atomic mass is 10.1. The molecule has 0 aliphatic heterocycles. The molecule has 0 atom stereocenters. The van der Waals surface area contributed by atoms with Crippen LogP contribution in [0.15, 0.2) is 34.9 Å². The van der Waals surface area contributed by atoms with Gasteiger partial charge in [0.2, 0.25) is 5.91 Å². The van der Waals surface area contributed by atoms with Crippen molar-refractivity contribution < 1.29 is 14.1 Å². The Kier molecular flexibility index (Phi) is 3.53. The van der Waals surface area contributed by atoms with Crippen LogP contribution >= 0.6 is 0 Å². The largest absolute Gasteiger partial charge is 0.366 e. The van der Waals surface area contributed by atoms with E-state index in [2.05, 4.69) is 15.5 Å². The summed E-state index contributed by atoms with van der Waals surface area (Å²) in [5, 5.41) is 7.21. The minimum Gasteiger partial charge on any atom is -0.366 e. The van der Waals surface area contributed by atoms with Crippen LogP contribution < -0.4 is 11.1 Å². The van der Waals surface area contributed by atoms with Gasteiger partial charge in [-0.15, -0.1) is 0 Å². The van der Waals surface area contributed by atoms with Crippen molar-refractivity contribution in [3.63, 3.8) is 0 Å². The number of aryl methyl sites for hydroxylation is 2. The van der Waals surface area contributed by atoms with E-state index in [-0.39, 0.29) is 5.91 Å². The summed E-state index contributed by atoms with van der Waals surface area (Å²) in [6.07, 6.45) is 0. The molecular formula is C16H14N4O3. The first-order valence-electron chi connectivity index (χ1n) is 6.90. The number of anilines is 1. The highest BCUT2D eigenvalue weighted by Gasteiger charge is 2.18. The van der Waals surface area contributed by atoms with E-state index in [9.17, 15) is 9.59 Å². The fourth-order valence-corrected chi connectivity index (χ4v) is 2.31. The Morgan fingerprint density at radius 1 is 1.17 bits per heavy atom. The lowest BCUT2D eigenvalue weighted by molar-refractivity contribution is 0.0998. The molecule has 0 radical (unpaired) electrons. The van der Waals surface area contributed by atoms with Crippen LogP contribution in [0.5, 0.6) is 0 Å². The van der Waals surface area contributed by atoms with Crippen molar-refractivity contribution in [1.82, 2.24) is 10.1 Å². The Morgan fingerprint density at radius 2 is 1.87 bits per heavy atom. The Morgan fingerprint density at radius 3 is 2.52 bits per heavy atom. The molecule has 0 fully saturated rings. The van der Waals surface area contributed by atoms with E-state index in [1.165, 1.54) is 0 Å². The molecule has 3 aromatic rings. The van der Waals surface area contributed by atoms with Crippen molar-refractivity contribution in [2.75, 3.05) is 5.32 Å². The number of nitrogens with two attached hydrogens (primary N) is 1. The molecule has 7 heteroatoms. The Labute approximate surface area is 131 Å². The zero-order valence-electron chi connectivity index (χ0n) is 12.6. The lowest BCUT2D eigenvalue weighted by Crippen LogP contribution is -2.14. The molecule has 0 saturated carbocycles. The highest BCUT2D eigenvalue weighted by atomic mass is 16.5. The Bertz CT molecular complexity index is 913. The monoisotopic (exact) mass is 310 g/mol. The fourth-order valence-electron chi connectivity index (χ4n) is 2.31. The number of amides is 2. The molecule has 2 amide bonds. The number of pyridine rings is 1. The number of rotatable bonds is 3. The third-order valence-electron chi connectivity index (χ3n) is 3.42. The summed E-state index contributed by atoms with van der Waals surface area (Å²) in [4.78, 5) is 27.8. The molecule has 0 unspecified atom stereocenters. The lowest BCUT2D eigenvalue weighted by Gasteiger charge is -2.07. The molecule has 3 rings (SSSR count). The third-order valence-corrected chi connectivity index (χ3v) is 3.42. The molecule has 2 aromatic heterocycles. The summed E-state index contributed by atoms with van der Waals surface area (Å²) in [5.41, 5.74) is 8.14. The third kappa shape index (κ3) is 2.76. The number of primary amides is 1. The van der Waals surface area contributed by atoms with Gasteiger partial charge in [-0.3, -0.25) is 9.59 Å². The number of hydrogen-bond donors (Lipinski definition) is 2. The number of nitrogens with zero attached hydrogens (tertiary/aromatic N) is 2. The van der Waals surface area contributed by atoms with Crippen molar-refractivity contribution in [3.05, 3.63) is 52.8 Å². The number of fused-ring (bicyclic) bond motifs is 1. The number of nitrogens with one attached hydrogen (secondary N) is 1. The van der Waals surface area contributed by atoms with Crippen LogP contribution in [-0.4, -0.2) is 22.0 Å². The van der Waals surface area contributed by atoms with Crippen LogP contribution in [0.1, 0.15) is 32.1 Å². The molecule has 2 heterocycles. The fraction of sp³-hybridized carbons (Fsp3) is 0.125. The molecule has 0 aliphatic carbocycles. The van der Waals surface area contributed by atoms with E-state index >= 15 is 0 Å². The van der Waals surface area contributed by atoms with Crippen LogP contribution in [0.4, 0.5) is 5.69 Å². The SMILES string of the molecule is Cc1cc(C(=O)Nc2ccc(C(N)=O)cc2)c2c(C)noc2n1. The van der Waals surface area contributed by atoms with Gasteiger partial charge in [-0.25, -0.2) is 4.98 Å². The molecule has 116 valence electrons. The van der Waals surface area contributed by atoms with E-state index in [0.717, 1.165) is 0 Å². The van der Waals surface area contributed by atoms with E-state index in [1.807, 2.05) is 0 Å². The molecule has 1 aromatic carbocycles. The summed E-state index contributed by atoms with van der Waals surface area (Å²) in [6.45, 7) is 3.52. The average molecular weight is 310 g/mol. The standard InChI is InChI=1S/C16H14N4O3/c1-8-7-12(13-9(2)20-23-16(13)18-8)15(22)19-11-5-3-10(4-6-11)14(17)21/h3-7H,1-2H3,(H2,17,21)(H,19,22). The molecule has 0 spiro atoms.